The summed E-state index contributed by atoms with van der Waals surface area (Å²) in [5.41, 5.74) is 2.61. The Balaban J connectivity index is 1.61. The fourth-order valence-electron chi connectivity index (χ4n) is 3.98. The van der Waals surface area contributed by atoms with Crippen LogP contribution in [0, 0.1) is 0 Å². The second-order valence-electron chi connectivity index (χ2n) is 7.30. The van der Waals surface area contributed by atoms with Gasteiger partial charge in [-0.3, -0.25) is 0 Å². The van der Waals surface area contributed by atoms with Gasteiger partial charge in [0.05, 0.1) is 12.4 Å². The van der Waals surface area contributed by atoms with E-state index in [1.165, 1.54) is 27.9 Å². The number of rotatable bonds is 5. The quantitative estimate of drug-likeness (QED) is 0.806. The highest BCUT2D eigenvalue weighted by Gasteiger charge is 2.33. The number of hydrogen-bond donors (Lipinski definition) is 0. The average molecular weight is 348 g/mol. The minimum atomic E-state index is 0.274. The molecule has 2 aliphatic heterocycles. The van der Waals surface area contributed by atoms with E-state index in [0.717, 1.165) is 32.6 Å². The SMILES string of the molecule is CCCN1CN(Cc2ccc3ccccc3c2)C=C2C1=NC(CC)N2C. The van der Waals surface area contributed by atoms with Gasteiger partial charge in [-0.2, -0.15) is 0 Å². The molecule has 0 bridgehead atoms. The van der Waals surface area contributed by atoms with Crippen molar-refractivity contribution < 1.29 is 0 Å². The third-order valence-electron chi connectivity index (χ3n) is 5.34. The number of likely N-dealkylation sites (N-methyl/N-ethyl adjacent to an activating group) is 1. The maximum Gasteiger partial charge on any atom is 0.152 e. The number of hydrogen-bond acceptors (Lipinski definition) is 4. The summed E-state index contributed by atoms with van der Waals surface area (Å²) in [4.78, 5) is 12.1. The first-order valence-corrected chi connectivity index (χ1v) is 9.69. The van der Waals surface area contributed by atoms with E-state index in [9.17, 15) is 0 Å². The van der Waals surface area contributed by atoms with Crippen molar-refractivity contribution in [2.24, 2.45) is 4.99 Å². The van der Waals surface area contributed by atoms with Gasteiger partial charge < -0.3 is 14.7 Å². The van der Waals surface area contributed by atoms with Crippen LogP contribution in [0.25, 0.3) is 10.8 Å². The maximum atomic E-state index is 4.97. The fraction of sp³-hybridized carbons (Fsp3) is 0.409. The normalized spacial score (nSPS) is 19.7. The molecule has 0 saturated heterocycles. The molecule has 1 unspecified atom stereocenters. The van der Waals surface area contributed by atoms with Gasteiger partial charge in [0.25, 0.3) is 0 Å². The fourth-order valence-corrected chi connectivity index (χ4v) is 3.98. The average Bonchev–Trinajstić information content (AvgIpc) is 2.98. The Labute approximate surface area is 156 Å². The van der Waals surface area contributed by atoms with Crippen molar-refractivity contribution in [3.05, 3.63) is 59.9 Å². The second kappa shape index (κ2) is 7.02. The summed E-state index contributed by atoms with van der Waals surface area (Å²) in [5, 5.41) is 2.61. The molecule has 26 heavy (non-hydrogen) atoms. The smallest absolute Gasteiger partial charge is 0.152 e. The molecule has 0 aromatic heterocycles. The third-order valence-corrected chi connectivity index (χ3v) is 5.34. The third kappa shape index (κ3) is 3.05. The Morgan fingerprint density at radius 1 is 1.08 bits per heavy atom. The molecule has 0 spiro atoms. The zero-order chi connectivity index (χ0) is 18.1. The zero-order valence-electron chi connectivity index (χ0n) is 16.0. The first kappa shape index (κ1) is 17.0. The lowest BCUT2D eigenvalue weighted by atomic mass is 10.1. The Morgan fingerprint density at radius 2 is 1.88 bits per heavy atom. The predicted molar refractivity (Wildman–Crippen MR) is 109 cm³/mol. The van der Waals surface area contributed by atoms with Crippen LogP contribution in [0.1, 0.15) is 32.3 Å². The Kier molecular flexibility index (Phi) is 4.58. The lowest BCUT2D eigenvalue weighted by Crippen LogP contribution is -2.45. The van der Waals surface area contributed by atoms with Gasteiger partial charge in [-0.1, -0.05) is 50.2 Å². The summed E-state index contributed by atoms with van der Waals surface area (Å²) >= 11 is 0. The molecule has 2 heterocycles. The number of fused-ring (bicyclic) bond motifs is 2. The van der Waals surface area contributed by atoms with Gasteiger partial charge in [0.2, 0.25) is 0 Å². The summed E-state index contributed by atoms with van der Waals surface area (Å²) in [6, 6.07) is 15.4. The predicted octanol–water partition coefficient (Wildman–Crippen LogP) is 4.25. The first-order chi connectivity index (χ1) is 12.7. The van der Waals surface area contributed by atoms with Gasteiger partial charge in [-0.15, -0.1) is 0 Å². The molecule has 2 aromatic carbocycles. The van der Waals surface area contributed by atoms with Gasteiger partial charge in [-0.25, -0.2) is 4.99 Å². The Hall–Kier alpha value is -2.49. The standard InChI is InChI=1S/C22H28N4/c1-4-12-26-16-25(15-20-22(26)23-21(5-2)24(20)3)14-17-10-11-18-8-6-7-9-19(18)13-17/h6-11,13,15,21H,4-5,12,14,16H2,1-3H3. The minimum absolute atomic E-state index is 0.274. The molecule has 2 aliphatic rings. The summed E-state index contributed by atoms with van der Waals surface area (Å²) in [7, 11) is 2.17. The van der Waals surface area contributed by atoms with Crippen LogP contribution in [-0.2, 0) is 6.54 Å². The molecule has 136 valence electrons. The number of nitrogens with zero attached hydrogens (tertiary/aromatic N) is 4. The molecule has 4 rings (SSSR count). The Bertz CT molecular complexity index is 854. The van der Waals surface area contributed by atoms with Crippen molar-refractivity contribution >= 4 is 16.6 Å². The molecule has 0 fully saturated rings. The molecule has 1 atom stereocenters. The van der Waals surface area contributed by atoms with E-state index in [1.54, 1.807) is 0 Å². The molecule has 0 aliphatic carbocycles. The molecule has 0 saturated carbocycles. The molecule has 4 heteroatoms. The lowest BCUT2D eigenvalue weighted by molar-refractivity contribution is 0.220. The topological polar surface area (TPSA) is 22.1 Å². The van der Waals surface area contributed by atoms with Crippen LogP contribution in [0.4, 0.5) is 0 Å². The van der Waals surface area contributed by atoms with E-state index in [4.69, 9.17) is 4.99 Å². The van der Waals surface area contributed by atoms with Gasteiger partial charge >= 0.3 is 0 Å². The van der Waals surface area contributed by atoms with Crippen LogP contribution in [-0.4, -0.2) is 47.0 Å². The van der Waals surface area contributed by atoms with Gasteiger partial charge in [0, 0.05) is 26.3 Å². The van der Waals surface area contributed by atoms with Gasteiger partial charge in [0.1, 0.15) is 6.17 Å². The van der Waals surface area contributed by atoms with E-state index in [1.807, 2.05) is 0 Å². The van der Waals surface area contributed by atoms with Crippen molar-refractivity contribution in [1.82, 2.24) is 14.7 Å². The van der Waals surface area contributed by atoms with E-state index < -0.39 is 0 Å². The highest BCUT2D eigenvalue weighted by atomic mass is 15.4. The lowest BCUT2D eigenvalue weighted by Gasteiger charge is -2.37. The molecule has 0 amide bonds. The van der Waals surface area contributed by atoms with Crippen LogP contribution in [0.5, 0.6) is 0 Å². The highest BCUT2D eigenvalue weighted by molar-refractivity contribution is 6.00. The highest BCUT2D eigenvalue weighted by Crippen LogP contribution is 2.28. The summed E-state index contributed by atoms with van der Waals surface area (Å²) < 4.78 is 0. The van der Waals surface area contributed by atoms with Crippen molar-refractivity contribution in [2.45, 2.75) is 39.4 Å². The van der Waals surface area contributed by atoms with E-state index in [-0.39, 0.29) is 6.17 Å². The van der Waals surface area contributed by atoms with Crippen LogP contribution < -0.4 is 0 Å². The van der Waals surface area contributed by atoms with E-state index in [2.05, 4.69) is 84.3 Å². The van der Waals surface area contributed by atoms with Crippen molar-refractivity contribution in [1.29, 1.82) is 0 Å². The second-order valence-corrected chi connectivity index (χ2v) is 7.30. The molecule has 2 aromatic rings. The maximum absolute atomic E-state index is 4.97. The molecule has 4 nitrogen and oxygen atoms in total. The van der Waals surface area contributed by atoms with Crippen molar-refractivity contribution in [3.8, 4) is 0 Å². The molecular formula is C22H28N4. The van der Waals surface area contributed by atoms with Crippen molar-refractivity contribution in [3.63, 3.8) is 0 Å². The zero-order valence-corrected chi connectivity index (χ0v) is 16.0. The molecule has 0 radical (unpaired) electrons. The van der Waals surface area contributed by atoms with E-state index >= 15 is 0 Å². The number of aliphatic imine (C=N–C) groups is 1. The summed E-state index contributed by atoms with van der Waals surface area (Å²) in [6.45, 7) is 7.33. The van der Waals surface area contributed by atoms with E-state index in [0.29, 0.717) is 0 Å². The van der Waals surface area contributed by atoms with Crippen LogP contribution >= 0.6 is 0 Å². The largest absolute Gasteiger partial charge is 0.354 e. The minimum Gasteiger partial charge on any atom is -0.354 e. The summed E-state index contributed by atoms with van der Waals surface area (Å²) in [5.74, 6) is 1.18. The van der Waals surface area contributed by atoms with Crippen molar-refractivity contribution in [2.75, 3.05) is 20.3 Å². The van der Waals surface area contributed by atoms with Gasteiger partial charge in [-0.05, 0) is 35.2 Å². The molecular weight excluding hydrogens is 320 g/mol. The monoisotopic (exact) mass is 348 g/mol. The molecule has 0 N–H and O–H groups in total. The van der Waals surface area contributed by atoms with Crippen LogP contribution in [0.2, 0.25) is 0 Å². The Morgan fingerprint density at radius 3 is 2.65 bits per heavy atom. The van der Waals surface area contributed by atoms with Gasteiger partial charge in [0.15, 0.2) is 5.84 Å². The number of amidine groups is 1. The first-order valence-electron chi connectivity index (χ1n) is 9.69. The number of benzene rings is 2. The summed E-state index contributed by atoms with van der Waals surface area (Å²) in [6.07, 6.45) is 4.75. The van der Waals surface area contributed by atoms with Crippen LogP contribution in [0.3, 0.4) is 0 Å². The van der Waals surface area contributed by atoms with Crippen LogP contribution in [0.15, 0.2) is 59.4 Å².